The number of rotatable bonds is 5. The first-order valence-corrected chi connectivity index (χ1v) is 10.6. The Morgan fingerprint density at radius 1 is 0.750 bits per heavy atom. The summed E-state index contributed by atoms with van der Waals surface area (Å²) in [5.41, 5.74) is 5.03. The fourth-order valence-corrected chi connectivity index (χ4v) is 4.43. The maximum atomic E-state index is 13.7. The Hall–Kier alpha value is -4.25. The van der Waals surface area contributed by atoms with E-state index in [0.29, 0.717) is 18.8 Å². The summed E-state index contributed by atoms with van der Waals surface area (Å²) < 4.78 is 5.93. The lowest BCUT2D eigenvalue weighted by Crippen LogP contribution is -2.30. The van der Waals surface area contributed by atoms with Crippen LogP contribution in [0.2, 0.25) is 0 Å². The van der Waals surface area contributed by atoms with Crippen molar-refractivity contribution in [3.8, 4) is 0 Å². The van der Waals surface area contributed by atoms with Crippen molar-refractivity contribution in [1.29, 1.82) is 0 Å². The molecular weight excluding hydrogens is 398 g/mol. The average Bonchev–Trinajstić information content (AvgIpc) is 3.57. The second-order valence-corrected chi connectivity index (χ2v) is 8.02. The first-order valence-electron chi connectivity index (χ1n) is 10.6. The van der Waals surface area contributed by atoms with Gasteiger partial charge in [-0.15, -0.1) is 0 Å². The molecule has 0 aliphatic rings. The van der Waals surface area contributed by atoms with Crippen molar-refractivity contribution in [2.75, 3.05) is 0 Å². The molecule has 3 aromatic carbocycles. The van der Waals surface area contributed by atoms with Crippen LogP contribution in [0.5, 0.6) is 0 Å². The monoisotopic (exact) mass is 419 g/mol. The molecule has 1 amide bonds. The Morgan fingerprint density at radius 3 is 2.00 bits per heavy atom. The zero-order valence-electron chi connectivity index (χ0n) is 17.3. The van der Waals surface area contributed by atoms with Crippen LogP contribution in [0.15, 0.2) is 95.7 Å². The van der Waals surface area contributed by atoms with E-state index in [4.69, 9.17) is 4.42 Å². The largest absolute Gasteiger partial charge is 0.451 e. The molecule has 32 heavy (non-hydrogen) atoms. The molecule has 156 valence electrons. The van der Waals surface area contributed by atoms with Gasteiger partial charge in [-0.05, 0) is 47.5 Å². The highest BCUT2D eigenvalue weighted by Gasteiger charge is 2.22. The number of nitrogens with one attached hydrogen (secondary N) is 2. The van der Waals surface area contributed by atoms with Crippen molar-refractivity contribution >= 4 is 38.7 Å². The van der Waals surface area contributed by atoms with Crippen LogP contribution in [0.3, 0.4) is 0 Å². The van der Waals surface area contributed by atoms with Crippen LogP contribution in [-0.2, 0) is 13.1 Å². The summed E-state index contributed by atoms with van der Waals surface area (Å²) in [4.78, 5) is 22.1. The van der Waals surface area contributed by atoms with Crippen molar-refractivity contribution < 1.29 is 9.21 Å². The number of fused-ring (bicyclic) bond motifs is 3. The summed E-state index contributed by atoms with van der Waals surface area (Å²) in [7, 11) is 0. The molecule has 0 aliphatic carbocycles. The minimum absolute atomic E-state index is 0.124. The Morgan fingerprint density at radius 2 is 1.38 bits per heavy atom. The summed E-state index contributed by atoms with van der Waals surface area (Å²) in [5.74, 6) is 0.231. The maximum absolute atomic E-state index is 13.7. The molecule has 0 aliphatic heterocycles. The summed E-state index contributed by atoms with van der Waals surface area (Å²) >= 11 is 0. The SMILES string of the molecule is O=C(c1cc2ccccc2o1)N(Cc1cccc2[nH]ccc12)Cc1cccc2[nH]ccc12. The van der Waals surface area contributed by atoms with Crippen LogP contribution in [0.4, 0.5) is 0 Å². The van der Waals surface area contributed by atoms with Gasteiger partial charge in [0.1, 0.15) is 5.58 Å². The summed E-state index contributed by atoms with van der Waals surface area (Å²) in [6.45, 7) is 0.956. The molecule has 6 rings (SSSR count). The van der Waals surface area contributed by atoms with Crippen molar-refractivity contribution in [1.82, 2.24) is 14.9 Å². The standard InChI is InChI=1S/C27H21N3O2/c31-27(26-15-18-5-1-2-10-25(18)32-26)30(16-19-6-3-8-23-21(19)11-13-28-23)17-20-7-4-9-24-22(20)12-14-29-24/h1-15,28-29H,16-17H2. The molecule has 3 aromatic heterocycles. The summed E-state index contributed by atoms with van der Waals surface area (Å²) in [6.07, 6.45) is 3.86. The first-order chi connectivity index (χ1) is 15.8. The predicted molar refractivity (Wildman–Crippen MR) is 126 cm³/mol. The molecule has 5 nitrogen and oxygen atoms in total. The van der Waals surface area contributed by atoms with E-state index in [1.807, 2.05) is 71.9 Å². The lowest BCUT2D eigenvalue weighted by Gasteiger charge is -2.23. The number of H-pyrrole nitrogens is 2. The lowest BCUT2D eigenvalue weighted by atomic mass is 10.1. The number of para-hydroxylation sites is 1. The number of hydrogen-bond donors (Lipinski definition) is 2. The average molecular weight is 419 g/mol. The molecule has 5 heteroatoms. The molecule has 0 saturated carbocycles. The Balaban J connectivity index is 1.42. The van der Waals surface area contributed by atoms with E-state index in [0.717, 1.165) is 43.9 Å². The molecule has 0 radical (unpaired) electrons. The highest BCUT2D eigenvalue weighted by molar-refractivity contribution is 5.96. The second kappa shape index (κ2) is 7.46. The molecule has 0 spiro atoms. The highest BCUT2D eigenvalue weighted by Crippen LogP contribution is 2.26. The van der Waals surface area contributed by atoms with Gasteiger partial charge in [-0.2, -0.15) is 0 Å². The van der Waals surface area contributed by atoms with Crippen molar-refractivity contribution in [3.05, 3.63) is 108 Å². The van der Waals surface area contributed by atoms with Crippen LogP contribution in [0.25, 0.3) is 32.8 Å². The highest BCUT2D eigenvalue weighted by atomic mass is 16.3. The molecule has 2 N–H and O–H groups in total. The minimum Gasteiger partial charge on any atom is -0.451 e. The van der Waals surface area contributed by atoms with Gasteiger partial charge in [-0.25, -0.2) is 0 Å². The fraction of sp³-hybridized carbons (Fsp3) is 0.0741. The number of carbonyl (C=O) groups is 1. The predicted octanol–water partition coefficient (Wildman–Crippen LogP) is 6.24. The number of hydrogen-bond acceptors (Lipinski definition) is 2. The number of carbonyl (C=O) groups excluding carboxylic acids is 1. The first kappa shape index (κ1) is 18.5. The third-order valence-corrected chi connectivity index (χ3v) is 6.02. The number of aromatic amines is 2. The van der Waals surface area contributed by atoms with Crippen LogP contribution >= 0.6 is 0 Å². The van der Waals surface area contributed by atoms with Gasteiger partial charge in [-0.1, -0.05) is 42.5 Å². The quantitative estimate of drug-likeness (QED) is 0.347. The minimum atomic E-state index is -0.124. The Bertz CT molecular complexity index is 1460. The number of furan rings is 1. The van der Waals surface area contributed by atoms with Gasteiger partial charge in [0.25, 0.3) is 5.91 Å². The Labute approximate surface area is 184 Å². The van der Waals surface area contributed by atoms with Crippen molar-refractivity contribution in [2.24, 2.45) is 0 Å². The second-order valence-electron chi connectivity index (χ2n) is 8.02. The topological polar surface area (TPSA) is 65.0 Å². The van der Waals surface area contributed by atoms with Crippen LogP contribution < -0.4 is 0 Å². The maximum Gasteiger partial charge on any atom is 0.290 e. The van der Waals surface area contributed by atoms with Gasteiger partial charge in [0.05, 0.1) is 0 Å². The van der Waals surface area contributed by atoms with Crippen molar-refractivity contribution in [2.45, 2.75) is 13.1 Å². The van der Waals surface area contributed by atoms with Crippen molar-refractivity contribution in [3.63, 3.8) is 0 Å². The summed E-state index contributed by atoms with van der Waals surface area (Å²) in [5, 5.41) is 3.17. The van der Waals surface area contributed by atoms with E-state index in [1.54, 1.807) is 0 Å². The number of amides is 1. The van der Waals surface area contributed by atoms with Crippen LogP contribution in [0.1, 0.15) is 21.7 Å². The molecule has 0 unspecified atom stereocenters. The van der Waals surface area contributed by atoms with E-state index in [1.165, 1.54) is 0 Å². The summed E-state index contributed by atoms with van der Waals surface area (Å²) in [6, 6.07) is 25.9. The van der Waals surface area contributed by atoms with Gasteiger partial charge in [0.15, 0.2) is 5.76 Å². The molecule has 3 heterocycles. The third kappa shape index (κ3) is 3.15. The normalized spacial score (nSPS) is 11.5. The van der Waals surface area contributed by atoms with Gasteiger partial charge in [-0.3, -0.25) is 4.79 Å². The van der Waals surface area contributed by atoms with Gasteiger partial charge < -0.3 is 19.3 Å². The molecule has 0 bridgehead atoms. The van der Waals surface area contributed by atoms with E-state index < -0.39 is 0 Å². The number of aromatic nitrogens is 2. The zero-order chi connectivity index (χ0) is 21.5. The Kier molecular flexibility index (Phi) is 4.32. The molecular formula is C27H21N3O2. The van der Waals surface area contributed by atoms with E-state index in [2.05, 4.69) is 34.2 Å². The van der Waals surface area contributed by atoms with Gasteiger partial charge >= 0.3 is 0 Å². The third-order valence-electron chi connectivity index (χ3n) is 6.02. The van der Waals surface area contributed by atoms with E-state index >= 15 is 0 Å². The zero-order valence-corrected chi connectivity index (χ0v) is 17.3. The van der Waals surface area contributed by atoms with E-state index in [-0.39, 0.29) is 5.91 Å². The molecule has 0 saturated heterocycles. The lowest BCUT2D eigenvalue weighted by molar-refractivity contribution is 0.0701. The van der Waals surface area contributed by atoms with E-state index in [9.17, 15) is 4.79 Å². The van der Waals surface area contributed by atoms with Gasteiger partial charge in [0, 0.05) is 52.7 Å². The number of nitrogens with zero attached hydrogens (tertiary/aromatic N) is 1. The van der Waals surface area contributed by atoms with Crippen LogP contribution in [0, 0.1) is 0 Å². The number of benzene rings is 3. The molecule has 0 fully saturated rings. The smallest absolute Gasteiger partial charge is 0.290 e. The van der Waals surface area contributed by atoms with Gasteiger partial charge in [0.2, 0.25) is 0 Å². The fourth-order valence-electron chi connectivity index (χ4n) is 4.43. The molecule has 0 atom stereocenters. The van der Waals surface area contributed by atoms with Crippen LogP contribution in [-0.4, -0.2) is 20.8 Å². The molecule has 6 aromatic rings.